The number of nitrogens with one attached hydrogen (secondary N) is 2. The van der Waals surface area contributed by atoms with E-state index in [2.05, 4.69) is 10.3 Å². The average Bonchev–Trinajstić information content (AvgIpc) is 3.10. The number of H-pyrrole nitrogens is 1. The molecule has 0 radical (unpaired) electrons. The van der Waals surface area contributed by atoms with Crippen molar-refractivity contribution in [3.05, 3.63) is 58.5 Å². The molecule has 1 amide bonds. The van der Waals surface area contributed by atoms with Crippen molar-refractivity contribution in [2.75, 3.05) is 0 Å². The Morgan fingerprint density at radius 2 is 2.19 bits per heavy atom. The van der Waals surface area contributed by atoms with Crippen LogP contribution >= 0.6 is 0 Å². The van der Waals surface area contributed by atoms with Crippen molar-refractivity contribution >= 4 is 17.0 Å². The topological polar surface area (TPSA) is 88.2 Å². The number of aromatic nitrogens is 1. The van der Waals surface area contributed by atoms with Crippen LogP contribution in [-0.2, 0) is 17.8 Å². The average molecular weight is 286 g/mol. The second kappa shape index (κ2) is 5.70. The summed E-state index contributed by atoms with van der Waals surface area (Å²) in [6.07, 6.45) is 2.53. The summed E-state index contributed by atoms with van der Waals surface area (Å²) in [7, 11) is 0. The molecule has 1 aromatic carbocycles. The van der Waals surface area contributed by atoms with E-state index >= 15 is 0 Å². The molecule has 21 heavy (non-hydrogen) atoms. The lowest BCUT2D eigenvalue weighted by Gasteiger charge is -2.03. The molecular formula is C15H14N2O4. The monoisotopic (exact) mass is 286 g/mol. The van der Waals surface area contributed by atoms with E-state index in [-0.39, 0.29) is 5.91 Å². The van der Waals surface area contributed by atoms with Crippen molar-refractivity contribution < 1.29 is 13.6 Å². The zero-order valence-corrected chi connectivity index (χ0v) is 11.2. The van der Waals surface area contributed by atoms with Gasteiger partial charge in [-0.05, 0) is 36.2 Å². The van der Waals surface area contributed by atoms with Crippen LogP contribution in [0.5, 0.6) is 0 Å². The first-order valence-electron chi connectivity index (χ1n) is 6.61. The van der Waals surface area contributed by atoms with Gasteiger partial charge < -0.3 is 14.2 Å². The molecule has 108 valence electrons. The van der Waals surface area contributed by atoms with E-state index in [1.54, 1.807) is 18.4 Å². The molecule has 3 aromatic rings. The van der Waals surface area contributed by atoms with Gasteiger partial charge in [0, 0.05) is 6.42 Å². The lowest BCUT2D eigenvalue weighted by Crippen LogP contribution is -2.22. The third-order valence-corrected chi connectivity index (χ3v) is 3.16. The molecule has 6 heteroatoms. The number of hydrogen-bond donors (Lipinski definition) is 2. The van der Waals surface area contributed by atoms with Gasteiger partial charge in [-0.15, -0.1) is 0 Å². The van der Waals surface area contributed by atoms with Gasteiger partial charge in [0.15, 0.2) is 5.58 Å². The number of benzene rings is 1. The maximum absolute atomic E-state index is 11.8. The number of furan rings is 1. The van der Waals surface area contributed by atoms with Gasteiger partial charge in [-0.3, -0.25) is 9.78 Å². The van der Waals surface area contributed by atoms with E-state index in [9.17, 15) is 9.59 Å². The Kier molecular flexibility index (Phi) is 3.59. The molecule has 0 spiro atoms. The normalized spacial score (nSPS) is 10.9. The van der Waals surface area contributed by atoms with Gasteiger partial charge in [0.1, 0.15) is 5.76 Å². The summed E-state index contributed by atoms with van der Waals surface area (Å²) in [5.41, 5.74) is 2.13. The standard InChI is InChI=1S/C15H14N2O4/c18-14(16-9-11-2-1-7-20-11)6-4-10-3-5-13-12(8-10)17-15(19)21-13/h1-3,5,7-8H,4,6,9H2,(H,16,18)(H,17,19). The molecule has 2 N–H and O–H groups in total. The molecule has 0 aliphatic heterocycles. The fraction of sp³-hybridized carbons (Fsp3) is 0.200. The number of fused-ring (bicyclic) bond motifs is 1. The number of hydrogen-bond acceptors (Lipinski definition) is 4. The maximum atomic E-state index is 11.8. The van der Waals surface area contributed by atoms with Gasteiger partial charge >= 0.3 is 5.76 Å². The van der Waals surface area contributed by atoms with Crippen LogP contribution in [0, 0.1) is 0 Å². The van der Waals surface area contributed by atoms with E-state index in [1.165, 1.54) is 0 Å². The summed E-state index contributed by atoms with van der Waals surface area (Å²) in [6, 6.07) is 8.98. The van der Waals surface area contributed by atoms with Crippen molar-refractivity contribution in [3.8, 4) is 0 Å². The van der Waals surface area contributed by atoms with Crippen LogP contribution in [-0.4, -0.2) is 10.9 Å². The Bertz CT molecular complexity index is 799. The van der Waals surface area contributed by atoms with Crippen LogP contribution in [0.1, 0.15) is 17.7 Å². The van der Waals surface area contributed by atoms with Gasteiger partial charge in [0.2, 0.25) is 5.91 Å². The highest BCUT2D eigenvalue weighted by atomic mass is 16.4. The summed E-state index contributed by atoms with van der Waals surface area (Å²) in [5, 5.41) is 2.79. The number of rotatable bonds is 5. The smallest absolute Gasteiger partial charge is 0.417 e. The molecule has 2 aromatic heterocycles. The second-order valence-electron chi connectivity index (χ2n) is 4.70. The van der Waals surface area contributed by atoms with Crippen molar-refractivity contribution in [1.82, 2.24) is 10.3 Å². The molecule has 0 saturated carbocycles. The number of aryl methyl sites for hydroxylation is 1. The molecule has 0 fully saturated rings. The predicted molar refractivity (Wildman–Crippen MR) is 75.7 cm³/mol. The van der Waals surface area contributed by atoms with Gasteiger partial charge in [0.25, 0.3) is 0 Å². The first-order chi connectivity index (χ1) is 10.2. The summed E-state index contributed by atoms with van der Waals surface area (Å²) in [5.74, 6) is 0.200. The molecule has 0 saturated heterocycles. The van der Waals surface area contributed by atoms with Crippen molar-refractivity contribution in [3.63, 3.8) is 0 Å². The minimum atomic E-state index is -0.474. The first kappa shape index (κ1) is 13.2. The highest BCUT2D eigenvalue weighted by molar-refractivity contribution is 5.77. The van der Waals surface area contributed by atoms with E-state index in [0.29, 0.717) is 30.5 Å². The van der Waals surface area contributed by atoms with Gasteiger partial charge in [-0.25, -0.2) is 4.79 Å². The van der Waals surface area contributed by atoms with Gasteiger partial charge in [-0.2, -0.15) is 0 Å². The summed E-state index contributed by atoms with van der Waals surface area (Å²) in [6.45, 7) is 0.389. The third kappa shape index (κ3) is 3.22. The number of carbonyl (C=O) groups excluding carboxylic acids is 1. The van der Waals surface area contributed by atoms with Gasteiger partial charge in [-0.1, -0.05) is 6.07 Å². The predicted octanol–water partition coefficient (Wildman–Crippen LogP) is 1.96. The Balaban J connectivity index is 1.55. The fourth-order valence-electron chi connectivity index (χ4n) is 2.10. The molecule has 0 bridgehead atoms. The van der Waals surface area contributed by atoms with E-state index < -0.39 is 5.76 Å². The Labute approximate surface area is 119 Å². The van der Waals surface area contributed by atoms with Crippen LogP contribution in [0.25, 0.3) is 11.1 Å². The number of aromatic amines is 1. The van der Waals surface area contributed by atoms with Crippen LogP contribution < -0.4 is 11.1 Å². The number of amides is 1. The Morgan fingerprint density at radius 3 is 3.00 bits per heavy atom. The highest BCUT2D eigenvalue weighted by Gasteiger charge is 2.06. The Hall–Kier alpha value is -2.76. The lowest BCUT2D eigenvalue weighted by molar-refractivity contribution is -0.121. The van der Waals surface area contributed by atoms with Crippen LogP contribution in [0.4, 0.5) is 0 Å². The van der Waals surface area contributed by atoms with Gasteiger partial charge in [0.05, 0.1) is 18.3 Å². The SMILES string of the molecule is O=C(CCc1ccc2oc(=O)[nH]c2c1)NCc1ccco1. The summed E-state index contributed by atoms with van der Waals surface area (Å²) < 4.78 is 10.1. The Morgan fingerprint density at radius 1 is 1.29 bits per heavy atom. The lowest BCUT2D eigenvalue weighted by atomic mass is 10.1. The van der Waals surface area contributed by atoms with Crippen LogP contribution in [0.3, 0.4) is 0 Å². The molecule has 6 nitrogen and oxygen atoms in total. The van der Waals surface area contributed by atoms with Crippen LogP contribution in [0.15, 0.2) is 50.2 Å². The van der Waals surface area contributed by atoms with Crippen molar-refractivity contribution in [1.29, 1.82) is 0 Å². The zero-order valence-electron chi connectivity index (χ0n) is 11.2. The summed E-state index contributed by atoms with van der Waals surface area (Å²) >= 11 is 0. The highest BCUT2D eigenvalue weighted by Crippen LogP contribution is 2.13. The third-order valence-electron chi connectivity index (χ3n) is 3.16. The largest absolute Gasteiger partial charge is 0.467 e. The van der Waals surface area contributed by atoms with E-state index in [1.807, 2.05) is 18.2 Å². The molecule has 3 rings (SSSR count). The molecule has 0 aliphatic carbocycles. The minimum Gasteiger partial charge on any atom is -0.467 e. The van der Waals surface area contributed by atoms with Crippen LogP contribution in [0.2, 0.25) is 0 Å². The minimum absolute atomic E-state index is 0.0489. The number of carbonyl (C=O) groups is 1. The zero-order chi connectivity index (χ0) is 14.7. The van der Waals surface area contributed by atoms with Crippen molar-refractivity contribution in [2.45, 2.75) is 19.4 Å². The van der Waals surface area contributed by atoms with E-state index in [4.69, 9.17) is 8.83 Å². The maximum Gasteiger partial charge on any atom is 0.417 e. The molecule has 0 aliphatic rings. The molecule has 2 heterocycles. The molecular weight excluding hydrogens is 272 g/mol. The van der Waals surface area contributed by atoms with Crippen molar-refractivity contribution in [2.24, 2.45) is 0 Å². The fourth-order valence-corrected chi connectivity index (χ4v) is 2.10. The second-order valence-corrected chi connectivity index (χ2v) is 4.70. The first-order valence-corrected chi connectivity index (χ1v) is 6.61. The number of oxazole rings is 1. The molecule has 0 unspecified atom stereocenters. The quantitative estimate of drug-likeness (QED) is 0.750. The van der Waals surface area contributed by atoms with E-state index in [0.717, 1.165) is 11.3 Å². The molecule has 0 atom stereocenters. The summed E-state index contributed by atoms with van der Waals surface area (Å²) in [4.78, 5) is 25.4.